The van der Waals surface area contributed by atoms with E-state index in [1.54, 1.807) is 13.4 Å². The summed E-state index contributed by atoms with van der Waals surface area (Å²) in [5.74, 6) is 0. The first kappa shape index (κ1) is 4.16. The molecule has 4 heavy (non-hydrogen) atoms. The Morgan fingerprint density at radius 2 is 2.25 bits per heavy atom. The van der Waals surface area contributed by atoms with Gasteiger partial charge in [-0.1, -0.05) is 0 Å². The van der Waals surface area contributed by atoms with E-state index in [9.17, 15) is 4.57 Å². The van der Waals surface area contributed by atoms with E-state index in [4.69, 9.17) is 0 Å². The normalized spacial score (nSPS) is 6.25. The SMILES string of the molecule is CB=[PH]=O. The Kier molecular flexibility index (Phi) is 3.30. The van der Waals surface area contributed by atoms with Gasteiger partial charge in [-0.25, -0.2) is 0 Å². The number of hydrogen-bond donors (Lipinski definition) is 0. The van der Waals surface area contributed by atoms with Crippen LogP contribution in [-0.2, 0) is 4.57 Å². The fourth-order valence-electron chi connectivity index (χ4n) is 0. The Morgan fingerprint density at radius 3 is 2.25 bits per heavy atom. The number of hydrogen-bond acceptors (Lipinski definition) is 1. The molecule has 0 bridgehead atoms. The van der Waals surface area contributed by atoms with Crippen molar-refractivity contribution in [2.75, 3.05) is 0 Å². The quantitative estimate of drug-likeness (QED) is 0.305. The van der Waals surface area contributed by atoms with Crippen molar-refractivity contribution in [3.8, 4) is 0 Å². The van der Waals surface area contributed by atoms with Gasteiger partial charge >= 0.3 is 26.0 Å². The Morgan fingerprint density at radius 1 is 2.00 bits per heavy atom. The summed E-state index contributed by atoms with van der Waals surface area (Å²) in [5, 5.41) is 0. The predicted octanol–water partition coefficient (Wildman–Crippen LogP) is 0.678. The Labute approximate surface area is 27.0 Å². The average molecular weight is 73.8 g/mol. The summed E-state index contributed by atoms with van der Waals surface area (Å²) in [6.45, 7) is 3.35. The molecule has 0 aliphatic carbocycles. The predicted molar refractivity (Wildman–Crippen MR) is 20.6 cm³/mol. The van der Waals surface area contributed by atoms with Crippen molar-refractivity contribution in [3.63, 3.8) is 0 Å². The van der Waals surface area contributed by atoms with Gasteiger partial charge in [-0.05, 0) is 0 Å². The second kappa shape index (κ2) is 3.16. The molecule has 0 N–H and O–H groups in total. The van der Waals surface area contributed by atoms with Crippen LogP contribution in [0.4, 0.5) is 0 Å². The van der Waals surface area contributed by atoms with Gasteiger partial charge in [-0.3, -0.25) is 0 Å². The summed E-state index contributed by atoms with van der Waals surface area (Å²) in [5.41, 5.74) is 0. The first-order valence-corrected chi connectivity index (χ1v) is 2.06. The van der Waals surface area contributed by atoms with Gasteiger partial charge in [0.15, 0.2) is 0 Å². The van der Waals surface area contributed by atoms with Crippen molar-refractivity contribution in [2.24, 2.45) is 0 Å². The van der Waals surface area contributed by atoms with Crippen molar-refractivity contribution in [1.82, 2.24) is 0 Å². The first-order valence-electron chi connectivity index (χ1n) is 1.07. The van der Waals surface area contributed by atoms with Gasteiger partial charge in [0.2, 0.25) is 0 Å². The number of rotatable bonds is 0. The van der Waals surface area contributed by atoms with E-state index < -0.39 is 0 Å². The molecule has 0 fully saturated rings. The molecule has 0 saturated carbocycles. The first-order chi connectivity index (χ1) is 1.91. The third kappa shape index (κ3) is 2.16. The second-order valence-corrected chi connectivity index (χ2v) is 1.22. The van der Waals surface area contributed by atoms with Crippen molar-refractivity contribution in [2.45, 2.75) is 6.82 Å². The maximum absolute atomic E-state index is 9.27. The van der Waals surface area contributed by atoms with Crippen LogP contribution < -0.4 is 0 Å². The third-order valence-corrected chi connectivity index (χ3v) is 0.354. The van der Waals surface area contributed by atoms with Crippen molar-refractivity contribution < 1.29 is 4.57 Å². The van der Waals surface area contributed by atoms with Crippen LogP contribution in [0.25, 0.3) is 0 Å². The van der Waals surface area contributed by atoms with Crippen LogP contribution in [0.2, 0.25) is 6.82 Å². The molecule has 0 radical (unpaired) electrons. The Balaban J connectivity index is 3.11. The van der Waals surface area contributed by atoms with Crippen LogP contribution in [0.1, 0.15) is 0 Å². The molecule has 22 valence electrons. The van der Waals surface area contributed by atoms with E-state index in [1.165, 1.54) is 0 Å². The van der Waals surface area contributed by atoms with Gasteiger partial charge in [0.05, 0.1) is 0 Å². The van der Waals surface area contributed by atoms with Crippen molar-refractivity contribution in [3.05, 3.63) is 0 Å². The summed E-state index contributed by atoms with van der Waals surface area (Å²) < 4.78 is 9.27. The van der Waals surface area contributed by atoms with Gasteiger partial charge in [0, 0.05) is 0 Å². The molecular weight excluding hydrogens is 69.8 g/mol. The molecule has 0 aromatic carbocycles. The van der Waals surface area contributed by atoms with Gasteiger partial charge in [-0.2, -0.15) is 0 Å². The molecule has 0 spiro atoms. The summed E-state index contributed by atoms with van der Waals surface area (Å²) >= 11 is 0. The van der Waals surface area contributed by atoms with Crippen LogP contribution in [0.15, 0.2) is 0 Å². The molecule has 0 aliphatic heterocycles. The zero-order valence-electron chi connectivity index (χ0n) is 2.49. The van der Waals surface area contributed by atoms with E-state index in [0.29, 0.717) is 0 Å². The second-order valence-electron chi connectivity index (χ2n) is 0.407. The van der Waals surface area contributed by atoms with Crippen molar-refractivity contribution >= 4 is 14.6 Å². The summed E-state index contributed by atoms with van der Waals surface area (Å²) in [4.78, 5) is 0. The molecule has 1 nitrogen and oxygen atoms in total. The van der Waals surface area contributed by atoms with Crippen molar-refractivity contribution in [1.29, 1.82) is 0 Å². The molecule has 0 amide bonds. The van der Waals surface area contributed by atoms with E-state index >= 15 is 0 Å². The molecule has 0 aliphatic rings. The zero-order valence-corrected chi connectivity index (χ0v) is 3.49. The molecule has 0 aromatic heterocycles. The molecule has 0 rings (SSSR count). The van der Waals surface area contributed by atoms with Gasteiger partial charge in [0.25, 0.3) is 0 Å². The summed E-state index contributed by atoms with van der Waals surface area (Å²) in [6, 6.07) is 0. The van der Waals surface area contributed by atoms with Crippen LogP contribution in [0.5, 0.6) is 0 Å². The Hall–Kier alpha value is 0.165. The molecule has 0 heterocycles. The minimum atomic E-state index is -0.235. The fourth-order valence-corrected chi connectivity index (χ4v) is 0. The Bertz CT molecular complexity index is 46.0. The van der Waals surface area contributed by atoms with Crippen LogP contribution in [-0.4, -0.2) is 6.62 Å². The van der Waals surface area contributed by atoms with Gasteiger partial charge < -0.3 is 0 Å². The standard InChI is InChI=1S/CH4BOP/c1-2-4-3/h4H,1H3. The molecular formula is CH4BOP. The zero-order chi connectivity index (χ0) is 3.41. The van der Waals surface area contributed by atoms with E-state index in [0.717, 1.165) is 0 Å². The fraction of sp³-hybridized carbons (Fsp3) is 1.00. The van der Waals surface area contributed by atoms with Crippen LogP contribution in [0, 0.1) is 0 Å². The van der Waals surface area contributed by atoms with Crippen LogP contribution >= 0.6 is 7.95 Å². The molecule has 0 saturated heterocycles. The third-order valence-electron chi connectivity index (χ3n) is 0.118. The molecule has 1 atom stereocenters. The van der Waals surface area contributed by atoms with Crippen LogP contribution in [0.3, 0.4) is 0 Å². The van der Waals surface area contributed by atoms with Gasteiger partial charge in [0.1, 0.15) is 0 Å². The van der Waals surface area contributed by atoms with E-state index in [2.05, 4.69) is 0 Å². The van der Waals surface area contributed by atoms with Gasteiger partial charge in [-0.15, -0.1) is 0 Å². The topological polar surface area (TPSA) is 17.1 Å². The molecule has 0 aromatic rings. The minimum absolute atomic E-state index is 0.235. The molecule has 1 unspecified atom stereocenters. The molecule has 3 heteroatoms. The summed E-state index contributed by atoms with van der Waals surface area (Å²) in [6.07, 6.45) is 0. The average Bonchev–Trinajstić information content (AvgIpc) is 1.37. The van der Waals surface area contributed by atoms with E-state index in [-0.39, 0.29) is 7.95 Å². The monoisotopic (exact) mass is 74.0 g/mol. The maximum atomic E-state index is 9.27. The van der Waals surface area contributed by atoms with E-state index in [1.807, 2.05) is 0 Å². The summed E-state index contributed by atoms with van der Waals surface area (Å²) in [7, 11) is -0.235.